The van der Waals surface area contributed by atoms with Gasteiger partial charge in [0, 0.05) is 25.2 Å². The van der Waals surface area contributed by atoms with Gasteiger partial charge in [-0.2, -0.15) is 0 Å². The summed E-state index contributed by atoms with van der Waals surface area (Å²) in [5.41, 5.74) is 1.23. The van der Waals surface area contributed by atoms with Crippen LogP contribution in [0.2, 0.25) is 0 Å². The van der Waals surface area contributed by atoms with E-state index in [2.05, 4.69) is 42.8 Å². The van der Waals surface area contributed by atoms with Crippen LogP contribution >= 0.6 is 0 Å². The molecule has 8 nitrogen and oxygen atoms in total. The molecule has 1 spiro atoms. The molecule has 2 amide bonds. The second-order valence-corrected chi connectivity index (χ2v) is 13.0. The van der Waals surface area contributed by atoms with Gasteiger partial charge in [-0.05, 0) is 80.4 Å². The monoisotopic (exact) mass is 552 g/mol. The van der Waals surface area contributed by atoms with E-state index in [0.29, 0.717) is 17.3 Å². The Labute approximate surface area is 239 Å². The smallest absolute Gasteiger partial charge is 0.305 e. The van der Waals surface area contributed by atoms with E-state index in [4.69, 9.17) is 10.1 Å². The molecule has 4 rings (SSSR count). The van der Waals surface area contributed by atoms with Crippen molar-refractivity contribution in [2.75, 3.05) is 19.6 Å². The Balaban J connectivity index is 1.63. The van der Waals surface area contributed by atoms with Crippen molar-refractivity contribution in [2.45, 2.75) is 110 Å². The van der Waals surface area contributed by atoms with E-state index < -0.39 is 11.6 Å². The lowest BCUT2D eigenvalue weighted by atomic mass is 9.69. The number of unbranched alkanes of at least 4 members (excludes halogenated alkanes) is 1. The molecule has 3 aliphatic rings. The molecular formula is C32H48N4O4. The molecule has 0 aromatic heterocycles. The van der Waals surface area contributed by atoms with Gasteiger partial charge in [0.25, 0.3) is 11.8 Å². The number of hydrogen-bond acceptors (Lipinski definition) is 5. The van der Waals surface area contributed by atoms with Gasteiger partial charge >= 0.3 is 5.97 Å². The zero-order valence-corrected chi connectivity index (χ0v) is 24.9. The molecule has 1 aromatic rings. The molecule has 0 bridgehead atoms. The normalized spacial score (nSPS) is 24.2. The van der Waals surface area contributed by atoms with Crippen molar-refractivity contribution in [1.29, 1.82) is 0 Å². The van der Waals surface area contributed by atoms with Gasteiger partial charge in [-0.3, -0.25) is 14.4 Å². The highest BCUT2D eigenvalue weighted by molar-refractivity contribution is 6.39. The maximum Gasteiger partial charge on any atom is 0.305 e. The Morgan fingerprint density at radius 2 is 1.75 bits per heavy atom. The van der Waals surface area contributed by atoms with Crippen molar-refractivity contribution in [3.8, 4) is 0 Å². The molecule has 8 heteroatoms. The highest BCUT2D eigenvalue weighted by atomic mass is 16.4. The highest BCUT2D eigenvalue weighted by Gasteiger charge is 2.53. The number of hydrogen-bond donors (Lipinski definition) is 2. The summed E-state index contributed by atoms with van der Waals surface area (Å²) in [5.74, 6) is 0.0963. The van der Waals surface area contributed by atoms with Gasteiger partial charge < -0.3 is 20.2 Å². The van der Waals surface area contributed by atoms with E-state index in [0.717, 1.165) is 76.4 Å². The molecule has 40 heavy (non-hydrogen) atoms. The molecule has 1 saturated heterocycles. The number of piperidine rings is 1. The summed E-state index contributed by atoms with van der Waals surface area (Å²) in [7, 11) is 0. The average molecular weight is 553 g/mol. The van der Waals surface area contributed by atoms with E-state index in [-0.39, 0.29) is 36.2 Å². The van der Waals surface area contributed by atoms with Gasteiger partial charge in [0.15, 0.2) is 5.84 Å². The quantitative estimate of drug-likeness (QED) is 0.404. The van der Waals surface area contributed by atoms with E-state index in [1.54, 1.807) is 12.1 Å². The molecule has 1 saturated carbocycles. The summed E-state index contributed by atoms with van der Waals surface area (Å²) < 4.78 is 0. The first-order valence-corrected chi connectivity index (χ1v) is 15.3. The van der Waals surface area contributed by atoms with Crippen LogP contribution in [0.25, 0.3) is 0 Å². The van der Waals surface area contributed by atoms with Gasteiger partial charge in [0.1, 0.15) is 5.66 Å². The first kappa shape index (κ1) is 30.1. The number of amidine groups is 1. The van der Waals surface area contributed by atoms with Crippen molar-refractivity contribution in [1.82, 2.24) is 15.1 Å². The number of nitrogens with one attached hydrogen (secondary N) is 1. The molecular weight excluding hydrogens is 504 g/mol. The number of carbonyl (C=O) groups is 3. The Kier molecular flexibility index (Phi) is 9.57. The number of amides is 2. The Morgan fingerprint density at radius 1 is 1.10 bits per heavy atom. The molecule has 1 aromatic carbocycles. The zero-order chi connectivity index (χ0) is 28.9. The van der Waals surface area contributed by atoms with Crippen LogP contribution in [0.3, 0.4) is 0 Å². The Hall–Kier alpha value is -2.90. The number of carboxylic acid groups (broad SMARTS) is 1. The topological polar surface area (TPSA) is 102 Å². The number of likely N-dealkylation sites (tertiary alicyclic amines) is 1. The molecule has 0 radical (unpaired) electrons. The summed E-state index contributed by atoms with van der Waals surface area (Å²) in [6.07, 6.45) is 10.0. The van der Waals surface area contributed by atoms with Gasteiger partial charge in [-0.15, -0.1) is 0 Å². The summed E-state index contributed by atoms with van der Waals surface area (Å²) in [6.45, 7) is 11.0. The second-order valence-electron chi connectivity index (χ2n) is 13.0. The predicted octanol–water partition coefficient (Wildman–Crippen LogP) is 5.78. The van der Waals surface area contributed by atoms with Crippen LogP contribution in [0.1, 0.15) is 120 Å². The minimum atomic E-state index is -0.943. The van der Waals surface area contributed by atoms with Crippen LogP contribution in [0.15, 0.2) is 29.3 Å². The lowest BCUT2D eigenvalue weighted by Crippen LogP contribution is -2.52. The maximum absolute atomic E-state index is 14.3. The number of nitrogens with zero attached hydrogens (tertiary/aromatic N) is 3. The van der Waals surface area contributed by atoms with Gasteiger partial charge in [0.2, 0.25) is 0 Å². The number of aliphatic imine (C=N–C) groups is 1. The van der Waals surface area contributed by atoms with Crippen molar-refractivity contribution >= 4 is 23.6 Å². The first-order chi connectivity index (χ1) is 19.1. The van der Waals surface area contributed by atoms with Crippen molar-refractivity contribution in [3.05, 3.63) is 35.4 Å². The minimum Gasteiger partial charge on any atom is -0.481 e. The zero-order valence-electron chi connectivity index (χ0n) is 24.9. The summed E-state index contributed by atoms with van der Waals surface area (Å²) in [6, 6.07) is 7.40. The van der Waals surface area contributed by atoms with Crippen LogP contribution in [-0.4, -0.2) is 63.8 Å². The van der Waals surface area contributed by atoms with E-state index >= 15 is 0 Å². The molecule has 2 aliphatic heterocycles. The highest BCUT2D eigenvalue weighted by Crippen LogP contribution is 2.49. The van der Waals surface area contributed by atoms with E-state index in [1.165, 1.54) is 6.42 Å². The maximum atomic E-state index is 14.3. The number of carboxylic acids is 1. The van der Waals surface area contributed by atoms with Crippen LogP contribution < -0.4 is 5.32 Å². The van der Waals surface area contributed by atoms with Crippen molar-refractivity contribution in [2.24, 2.45) is 16.3 Å². The second kappa shape index (κ2) is 12.7. The van der Waals surface area contributed by atoms with Crippen LogP contribution in [0.5, 0.6) is 0 Å². The largest absolute Gasteiger partial charge is 0.481 e. The molecule has 0 unspecified atom stereocenters. The average Bonchev–Trinajstić information content (AvgIpc) is 3.20. The third-order valence-electron chi connectivity index (χ3n) is 9.16. The molecule has 1 aliphatic carbocycles. The number of aliphatic carboxylic acids is 1. The van der Waals surface area contributed by atoms with Gasteiger partial charge in [-0.25, -0.2) is 4.99 Å². The molecule has 2 heterocycles. The number of benzene rings is 1. The van der Waals surface area contributed by atoms with Crippen molar-refractivity contribution in [3.63, 3.8) is 0 Å². The summed E-state index contributed by atoms with van der Waals surface area (Å²) in [4.78, 5) is 47.4. The fraction of sp³-hybridized carbons (Fsp3) is 0.688. The van der Waals surface area contributed by atoms with Gasteiger partial charge in [0.05, 0.1) is 12.5 Å². The van der Waals surface area contributed by atoms with Gasteiger partial charge in [-0.1, -0.05) is 52.7 Å². The third kappa shape index (κ3) is 6.69. The van der Waals surface area contributed by atoms with Crippen LogP contribution in [0, 0.1) is 11.3 Å². The lowest BCUT2D eigenvalue weighted by Gasteiger charge is -2.47. The van der Waals surface area contributed by atoms with Crippen LogP contribution in [0.4, 0.5) is 0 Å². The Bertz CT molecular complexity index is 1080. The first-order valence-electron chi connectivity index (χ1n) is 15.3. The SMILES string of the molecule is CCCC[C@H](c1ccc(C(=O)NCCC(=O)O)cc1)N1C(=O)C(N2CCCCC2)=NC12CCC(C(C)(C)C)CC2. The van der Waals surface area contributed by atoms with Crippen molar-refractivity contribution < 1.29 is 19.5 Å². The molecule has 220 valence electrons. The molecule has 2 N–H and O–H groups in total. The summed E-state index contributed by atoms with van der Waals surface area (Å²) in [5, 5.41) is 11.5. The third-order valence-corrected chi connectivity index (χ3v) is 9.16. The van der Waals surface area contributed by atoms with E-state index in [1.807, 2.05) is 12.1 Å². The minimum absolute atomic E-state index is 0.0627. The summed E-state index contributed by atoms with van der Waals surface area (Å²) >= 11 is 0. The van der Waals surface area contributed by atoms with Crippen LogP contribution in [-0.2, 0) is 9.59 Å². The molecule has 1 atom stereocenters. The van der Waals surface area contributed by atoms with E-state index in [9.17, 15) is 14.4 Å². The fourth-order valence-corrected chi connectivity index (χ4v) is 6.72. The number of rotatable bonds is 9. The lowest BCUT2D eigenvalue weighted by molar-refractivity contribution is -0.137. The molecule has 2 fully saturated rings. The predicted molar refractivity (Wildman–Crippen MR) is 157 cm³/mol. The Morgan fingerprint density at radius 3 is 2.33 bits per heavy atom. The fourth-order valence-electron chi connectivity index (χ4n) is 6.72. The number of carbonyl (C=O) groups excluding carboxylic acids is 2. The standard InChI is InChI=1S/C32H48N4O4/c1-5-6-10-26(23-11-13-24(14-12-23)29(39)33-20-17-27(37)38)36-30(40)28(35-21-8-7-9-22-35)34-32(36)18-15-25(16-19-32)31(2,3)4/h11-14,25-26H,5-10,15-22H2,1-4H3,(H,33,39)(H,37,38)/t25?,26-,32?/m1/s1.